The van der Waals surface area contributed by atoms with E-state index in [1.54, 1.807) is 0 Å². The Morgan fingerprint density at radius 1 is 1.12 bits per heavy atom. The van der Waals surface area contributed by atoms with E-state index in [0.29, 0.717) is 18.4 Å². The molecule has 0 bridgehead atoms. The molecule has 2 saturated heterocycles. The van der Waals surface area contributed by atoms with Gasteiger partial charge in [0.25, 0.3) is 0 Å². The van der Waals surface area contributed by atoms with Crippen molar-refractivity contribution >= 4 is 5.91 Å². The highest BCUT2D eigenvalue weighted by Crippen LogP contribution is 2.16. The van der Waals surface area contributed by atoms with Crippen molar-refractivity contribution in [2.75, 3.05) is 39.3 Å². The van der Waals surface area contributed by atoms with Gasteiger partial charge in [0, 0.05) is 19.6 Å². The fourth-order valence-electron chi connectivity index (χ4n) is 2.92. The monoisotopic (exact) mass is 239 g/mol. The van der Waals surface area contributed by atoms with Gasteiger partial charge < -0.3 is 10.6 Å². The Kier molecular flexibility index (Phi) is 4.80. The third kappa shape index (κ3) is 3.68. The SMILES string of the molecule is NC[C@@H]1CCCN(CC(=O)N2CCCCC2)C1. The highest BCUT2D eigenvalue weighted by Gasteiger charge is 2.23. The van der Waals surface area contributed by atoms with Crippen molar-refractivity contribution in [3.05, 3.63) is 0 Å². The normalized spacial score (nSPS) is 27.1. The molecule has 0 aliphatic carbocycles. The second-order valence-corrected chi connectivity index (χ2v) is 5.42. The van der Waals surface area contributed by atoms with E-state index < -0.39 is 0 Å². The van der Waals surface area contributed by atoms with Gasteiger partial charge >= 0.3 is 0 Å². The van der Waals surface area contributed by atoms with Crippen LogP contribution in [0.15, 0.2) is 0 Å². The second-order valence-electron chi connectivity index (χ2n) is 5.42. The molecule has 17 heavy (non-hydrogen) atoms. The quantitative estimate of drug-likeness (QED) is 0.787. The lowest BCUT2D eigenvalue weighted by atomic mass is 9.98. The fraction of sp³-hybridized carbons (Fsp3) is 0.923. The number of piperidine rings is 2. The largest absolute Gasteiger partial charge is 0.342 e. The number of nitrogens with zero attached hydrogens (tertiary/aromatic N) is 2. The molecule has 0 radical (unpaired) electrons. The molecule has 2 fully saturated rings. The van der Waals surface area contributed by atoms with Crippen LogP contribution in [0.25, 0.3) is 0 Å². The molecule has 1 amide bonds. The third-order valence-electron chi connectivity index (χ3n) is 4.00. The second kappa shape index (κ2) is 6.36. The summed E-state index contributed by atoms with van der Waals surface area (Å²) in [6.45, 7) is 5.37. The van der Waals surface area contributed by atoms with Crippen LogP contribution < -0.4 is 5.73 Å². The lowest BCUT2D eigenvalue weighted by molar-refractivity contribution is -0.133. The summed E-state index contributed by atoms with van der Waals surface area (Å²) in [6.07, 6.45) is 6.05. The van der Waals surface area contributed by atoms with E-state index in [1.165, 1.54) is 32.1 Å². The van der Waals surface area contributed by atoms with Crippen LogP contribution in [0.5, 0.6) is 0 Å². The third-order valence-corrected chi connectivity index (χ3v) is 4.00. The molecule has 4 heteroatoms. The molecule has 4 nitrogen and oxygen atoms in total. The van der Waals surface area contributed by atoms with Gasteiger partial charge in [0.2, 0.25) is 5.91 Å². The van der Waals surface area contributed by atoms with Crippen LogP contribution in [0.4, 0.5) is 0 Å². The predicted molar refractivity (Wildman–Crippen MR) is 68.6 cm³/mol. The van der Waals surface area contributed by atoms with Gasteiger partial charge in [-0.15, -0.1) is 0 Å². The lowest BCUT2D eigenvalue weighted by Crippen LogP contribution is -2.46. The maximum Gasteiger partial charge on any atom is 0.236 e. The van der Waals surface area contributed by atoms with Gasteiger partial charge in [-0.1, -0.05) is 0 Å². The Morgan fingerprint density at radius 3 is 2.59 bits per heavy atom. The van der Waals surface area contributed by atoms with Gasteiger partial charge in [-0.05, 0) is 51.1 Å². The van der Waals surface area contributed by atoms with E-state index in [1.807, 2.05) is 4.90 Å². The van der Waals surface area contributed by atoms with E-state index >= 15 is 0 Å². The van der Waals surface area contributed by atoms with E-state index in [-0.39, 0.29) is 0 Å². The number of hydrogen-bond acceptors (Lipinski definition) is 3. The number of likely N-dealkylation sites (tertiary alicyclic amines) is 2. The predicted octanol–water partition coefficient (Wildman–Crippen LogP) is 0.670. The minimum Gasteiger partial charge on any atom is -0.342 e. The summed E-state index contributed by atoms with van der Waals surface area (Å²) < 4.78 is 0. The summed E-state index contributed by atoms with van der Waals surface area (Å²) in [5.74, 6) is 0.917. The molecule has 2 rings (SSSR count). The summed E-state index contributed by atoms with van der Waals surface area (Å²) in [5.41, 5.74) is 5.72. The zero-order chi connectivity index (χ0) is 12.1. The maximum atomic E-state index is 12.1. The van der Waals surface area contributed by atoms with Crippen molar-refractivity contribution in [3.8, 4) is 0 Å². The molecular weight excluding hydrogens is 214 g/mol. The van der Waals surface area contributed by atoms with Crippen LogP contribution >= 0.6 is 0 Å². The van der Waals surface area contributed by atoms with Crippen molar-refractivity contribution in [1.29, 1.82) is 0 Å². The minimum atomic E-state index is 0.322. The van der Waals surface area contributed by atoms with Gasteiger partial charge in [0.1, 0.15) is 0 Å². The maximum absolute atomic E-state index is 12.1. The average molecular weight is 239 g/mol. The molecule has 0 aromatic rings. The van der Waals surface area contributed by atoms with Gasteiger partial charge in [-0.2, -0.15) is 0 Å². The Labute approximate surface area is 104 Å². The number of amides is 1. The molecule has 0 aromatic heterocycles. The number of carbonyl (C=O) groups is 1. The zero-order valence-electron chi connectivity index (χ0n) is 10.7. The number of carbonyl (C=O) groups excluding carboxylic acids is 1. The summed E-state index contributed by atoms with van der Waals surface area (Å²) in [6, 6.07) is 0. The van der Waals surface area contributed by atoms with E-state index in [4.69, 9.17) is 5.73 Å². The van der Waals surface area contributed by atoms with Crippen LogP contribution in [0.3, 0.4) is 0 Å². The van der Waals surface area contributed by atoms with E-state index in [2.05, 4.69) is 4.90 Å². The first-order valence-electron chi connectivity index (χ1n) is 7.00. The lowest BCUT2D eigenvalue weighted by Gasteiger charge is -2.34. The van der Waals surface area contributed by atoms with Gasteiger partial charge in [0.05, 0.1) is 6.54 Å². The summed E-state index contributed by atoms with van der Waals surface area (Å²) >= 11 is 0. The Bertz CT molecular complexity index is 251. The van der Waals surface area contributed by atoms with Crippen molar-refractivity contribution in [1.82, 2.24) is 9.80 Å². The first kappa shape index (κ1) is 12.8. The van der Waals surface area contributed by atoms with Crippen molar-refractivity contribution < 1.29 is 4.79 Å². The number of nitrogens with two attached hydrogens (primary N) is 1. The summed E-state index contributed by atoms with van der Waals surface area (Å²) in [4.78, 5) is 16.4. The molecule has 0 aromatic carbocycles. The van der Waals surface area contributed by atoms with Crippen LogP contribution in [-0.4, -0.2) is 55.0 Å². The van der Waals surface area contributed by atoms with Crippen molar-refractivity contribution in [2.45, 2.75) is 32.1 Å². The summed E-state index contributed by atoms with van der Waals surface area (Å²) in [5, 5.41) is 0. The topological polar surface area (TPSA) is 49.6 Å². The zero-order valence-corrected chi connectivity index (χ0v) is 10.7. The fourth-order valence-corrected chi connectivity index (χ4v) is 2.92. The minimum absolute atomic E-state index is 0.322. The molecule has 98 valence electrons. The molecule has 0 unspecified atom stereocenters. The first-order valence-corrected chi connectivity index (χ1v) is 7.00. The first-order chi connectivity index (χ1) is 8.29. The van der Waals surface area contributed by atoms with Gasteiger partial charge in [-0.25, -0.2) is 0 Å². The Hall–Kier alpha value is -0.610. The average Bonchev–Trinajstić information content (AvgIpc) is 2.40. The van der Waals surface area contributed by atoms with Crippen molar-refractivity contribution in [3.63, 3.8) is 0 Å². The van der Waals surface area contributed by atoms with E-state index in [9.17, 15) is 4.79 Å². The molecule has 2 heterocycles. The Balaban J connectivity index is 1.77. The van der Waals surface area contributed by atoms with Crippen LogP contribution in [-0.2, 0) is 4.79 Å². The standard InChI is InChI=1S/C13H25N3O/c14-9-12-5-4-6-15(10-12)11-13(17)16-7-2-1-3-8-16/h12H,1-11,14H2/t12-/m0/s1. The highest BCUT2D eigenvalue weighted by atomic mass is 16.2. The Morgan fingerprint density at radius 2 is 1.88 bits per heavy atom. The van der Waals surface area contributed by atoms with Crippen LogP contribution in [0.1, 0.15) is 32.1 Å². The molecule has 1 atom stereocenters. The molecular formula is C13H25N3O. The van der Waals surface area contributed by atoms with Gasteiger partial charge in [-0.3, -0.25) is 9.69 Å². The molecule has 2 aliphatic heterocycles. The smallest absolute Gasteiger partial charge is 0.236 e. The molecule has 2 N–H and O–H groups in total. The van der Waals surface area contributed by atoms with E-state index in [0.717, 1.165) is 32.7 Å². The van der Waals surface area contributed by atoms with Crippen LogP contribution in [0.2, 0.25) is 0 Å². The molecule has 2 aliphatic rings. The number of hydrogen-bond donors (Lipinski definition) is 1. The van der Waals surface area contributed by atoms with Crippen molar-refractivity contribution in [2.24, 2.45) is 11.7 Å². The summed E-state index contributed by atoms with van der Waals surface area (Å²) in [7, 11) is 0. The highest BCUT2D eigenvalue weighted by molar-refractivity contribution is 5.78. The molecule has 0 spiro atoms. The van der Waals surface area contributed by atoms with Crippen LogP contribution in [0, 0.1) is 5.92 Å². The van der Waals surface area contributed by atoms with Gasteiger partial charge in [0.15, 0.2) is 0 Å². The number of rotatable bonds is 3. The molecule has 0 saturated carbocycles.